The van der Waals surface area contributed by atoms with Gasteiger partial charge in [-0.2, -0.15) is 5.10 Å². The lowest BCUT2D eigenvalue weighted by Gasteiger charge is -2.31. The van der Waals surface area contributed by atoms with Crippen molar-refractivity contribution in [3.05, 3.63) is 17.0 Å². The predicted molar refractivity (Wildman–Crippen MR) is 83.7 cm³/mol. The van der Waals surface area contributed by atoms with Gasteiger partial charge >= 0.3 is 12.1 Å². The van der Waals surface area contributed by atoms with E-state index < -0.39 is 22.1 Å². The quantitative estimate of drug-likeness (QED) is 0.708. The van der Waals surface area contributed by atoms with Gasteiger partial charge in [0, 0.05) is 6.54 Å². The summed E-state index contributed by atoms with van der Waals surface area (Å²) >= 11 is 0. The Morgan fingerprint density at radius 1 is 1.12 bits per heavy atom. The van der Waals surface area contributed by atoms with Crippen LogP contribution in [0.3, 0.4) is 0 Å². The lowest BCUT2D eigenvalue weighted by Crippen LogP contribution is -2.48. The molecule has 9 nitrogen and oxygen atoms in total. The van der Waals surface area contributed by atoms with E-state index in [-0.39, 0.29) is 13.1 Å². The highest BCUT2D eigenvalue weighted by Crippen LogP contribution is 2.28. The van der Waals surface area contributed by atoms with E-state index in [1.54, 1.807) is 4.90 Å². The van der Waals surface area contributed by atoms with Crippen molar-refractivity contribution in [1.29, 1.82) is 0 Å². The molecule has 0 unspecified atom stereocenters. The molecule has 3 aliphatic rings. The number of aryl methyl sites for hydroxylation is 1. The Morgan fingerprint density at radius 3 is 2.62 bits per heavy atom. The van der Waals surface area contributed by atoms with Crippen LogP contribution in [-0.2, 0) is 36.0 Å². The standard InChI is InChI=1S/C14H19N5O4S/c1-24(22,23)19-8-6-17(14(19)21)13(20)16-5-7-18-12(9-16)10-3-2-4-11(10)15-18/h2-9H2,1H3. The third-order valence-electron chi connectivity index (χ3n) is 4.89. The van der Waals surface area contributed by atoms with Gasteiger partial charge in [-0.3, -0.25) is 4.68 Å². The van der Waals surface area contributed by atoms with Crippen LogP contribution >= 0.6 is 0 Å². The lowest BCUT2D eigenvalue weighted by atomic mass is 10.1. The number of carbonyl (C=O) groups is 2. The maximum atomic E-state index is 12.7. The summed E-state index contributed by atoms with van der Waals surface area (Å²) in [5, 5.41) is 4.59. The van der Waals surface area contributed by atoms with Gasteiger partial charge in [-0.1, -0.05) is 0 Å². The van der Waals surface area contributed by atoms with Gasteiger partial charge in [0.05, 0.1) is 43.8 Å². The topological polar surface area (TPSA) is 95.8 Å². The smallest absolute Gasteiger partial charge is 0.316 e. The van der Waals surface area contributed by atoms with Crippen molar-refractivity contribution in [2.75, 3.05) is 25.9 Å². The van der Waals surface area contributed by atoms with E-state index in [4.69, 9.17) is 0 Å². The highest BCUT2D eigenvalue weighted by Gasteiger charge is 2.41. The minimum absolute atomic E-state index is 0.0184. The molecule has 1 aromatic heterocycles. The number of nitrogens with zero attached hydrogens (tertiary/aromatic N) is 5. The number of imide groups is 1. The molecule has 4 rings (SSSR count). The summed E-state index contributed by atoms with van der Waals surface area (Å²) < 4.78 is 25.9. The van der Waals surface area contributed by atoms with Gasteiger partial charge in [0.15, 0.2) is 0 Å². The zero-order valence-corrected chi connectivity index (χ0v) is 14.3. The zero-order valence-electron chi connectivity index (χ0n) is 13.4. The Hall–Kier alpha value is -2.10. The highest BCUT2D eigenvalue weighted by atomic mass is 32.2. The third-order valence-corrected chi connectivity index (χ3v) is 6.02. The van der Waals surface area contributed by atoms with Gasteiger partial charge in [-0.05, 0) is 24.8 Å². The summed E-state index contributed by atoms with van der Waals surface area (Å²) in [6.07, 6.45) is 4.03. The third kappa shape index (κ3) is 2.27. The van der Waals surface area contributed by atoms with E-state index in [0.29, 0.717) is 19.6 Å². The second-order valence-corrected chi connectivity index (χ2v) is 8.33. The van der Waals surface area contributed by atoms with E-state index >= 15 is 0 Å². The van der Waals surface area contributed by atoms with Crippen molar-refractivity contribution >= 4 is 22.1 Å². The molecule has 0 bridgehead atoms. The van der Waals surface area contributed by atoms with Gasteiger partial charge in [-0.25, -0.2) is 27.2 Å². The summed E-state index contributed by atoms with van der Waals surface area (Å²) in [4.78, 5) is 27.6. The number of sulfonamides is 1. The van der Waals surface area contributed by atoms with Crippen molar-refractivity contribution < 1.29 is 18.0 Å². The highest BCUT2D eigenvalue weighted by molar-refractivity contribution is 7.88. The molecule has 0 spiro atoms. The molecule has 1 aromatic rings. The lowest BCUT2D eigenvalue weighted by molar-refractivity contribution is 0.149. The van der Waals surface area contributed by atoms with Crippen LogP contribution in [-0.4, -0.2) is 70.3 Å². The Bertz CT molecular complexity index is 830. The van der Waals surface area contributed by atoms with Crippen LogP contribution in [0, 0.1) is 0 Å². The first-order valence-corrected chi connectivity index (χ1v) is 9.86. The fraction of sp³-hybridized carbons (Fsp3) is 0.643. The molecule has 1 aliphatic carbocycles. The number of urea groups is 2. The van der Waals surface area contributed by atoms with Crippen molar-refractivity contribution in [2.24, 2.45) is 0 Å². The normalized spacial score (nSPS) is 20.5. The SMILES string of the molecule is CS(=O)(=O)N1CCN(C(=O)N2CCn3nc4c(c3C2)CCC4)C1=O. The van der Waals surface area contributed by atoms with Crippen LogP contribution in [0.15, 0.2) is 0 Å². The largest absolute Gasteiger partial charge is 0.341 e. The Kier molecular flexibility index (Phi) is 3.34. The summed E-state index contributed by atoms with van der Waals surface area (Å²) in [5.74, 6) is 0. The van der Waals surface area contributed by atoms with E-state index in [0.717, 1.165) is 46.1 Å². The average Bonchev–Trinajstić information content (AvgIpc) is 3.18. The monoisotopic (exact) mass is 353 g/mol. The maximum absolute atomic E-state index is 12.7. The van der Waals surface area contributed by atoms with Gasteiger partial charge in [0.25, 0.3) is 0 Å². The van der Waals surface area contributed by atoms with Crippen LogP contribution in [0.5, 0.6) is 0 Å². The van der Waals surface area contributed by atoms with Crippen LogP contribution in [0.2, 0.25) is 0 Å². The molecule has 0 saturated carbocycles. The summed E-state index contributed by atoms with van der Waals surface area (Å²) in [6, 6.07) is -1.18. The molecule has 2 aliphatic heterocycles. The first-order chi connectivity index (χ1) is 11.4. The number of rotatable bonds is 1. The number of amides is 4. The van der Waals surface area contributed by atoms with Crippen LogP contribution in [0.4, 0.5) is 9.59 Å². The van der Waals surface area contributed by atoms with Crippen LogP contribution in [0.25, 0.3) is 0 Å². The minimum atomic E-state index is -3.64. The number of hydrogen-bond acceptors (Lipinski definition) is 5. The second-order valence-electron chi connectivity index (χ2n) is 6.42. The number of aromatic nitrogens is 2. The molecule has 0 radical (unpaired) electrons. The predicted octanol–water partition coefficient (Wildman–Crippen LogP) is 0.00460. The molecule has 130 valence electrons. The molecule has 0 aromatic carbocycles. The van der Waals surface area contributed by atoms with E-state index in [2.05, 4.69) is 5.10 Å². The number of hydrogen-bond donors (Lipinski definition) is 0. The second kappa shape index (κ2) is 5.20. The summed E-state index contributed by atoms with van der Waals surface area (Å²) in [6.45, 7) is 1.61. The molecule has 1 saturated heterocycles. The number of carbonyl (C=O) groups excluding carboxylic acids is 2. The maximum Gasteiger partial charge on any atom is 0.341 e. The molecule has 1 fully saturated rings. The minimum Gasteiger partial charge on any atom is -0.316 e. The van der Waals surface area contributed by atoms with Gasteiger partial charge in [-0.15, -0.1) is 0 Å². The summed E-state index contributed by atoms with van der Waals surface area (Å²) in [5.41, 5.74) is 3.41. The average molecular weight is 353 g/mol. The van der Waals surface area contributed by atoms with E-state index in [1.165, 1.54) is 5.56 Å². The number of fused-ring (bicyclic) bond motifs is 3. The molecular formula is C14H19N5O4S. The Morgan fingerprint density at radius 2 is 1.92 bits per heavy atom. The zero-order chi connectivity index (χ0) is 17.1. The first kappa shape index (κ1) is 15.4. The van der Waals surface area contributed by atoms with Crippen LogP contribution < -0.4 is 0 Å². The summed E-state index contributed by atoms with van der Waals surface area (Å²) in [7, 11) is -3.64. The molecular weight excluding hydrogens is 334 g/mol. The van der Waals surface area contributed by atoms with E-state index in [9.17, 15) is 18.0 Å². The van der Waals surface area contributed by atoms with Crippen molar-refractivity contribution in [3.8, 4) is 0 Å². The first-order valence-electron chi connectivity index (χ1n) is 8.02. The van der Waals surface area contributed by atoms with E-state index in [1.807, 2.05) is 4.68 Å². The Labute approximate surface area is 139 Å². The van der Waals surface area contributed by atoms with Gasteiger partial charge < -0.3 is 4.90 Å². The molecule has 10 heteroatoms. The van der Waals surface area contributed by atoms with Crippen molar-refractivity contribution in [1.82, 2.24) is 23.9 Å². The van der Waals surface area contributed by atoms with Gasteiger partial charge in [0.1, 0.15) is 0 Å². The van der Waals surface area contributed by atoms with Crippen molar-refractivity contribution in [2.45, 2.75) is 32.4 Å². The molecule has 24 heavy (non-hydrogen) atoms. The fourth-order valence-corrected chi connectivity index (χ4v) is 4.48. The molecule has 3 heterocycles. The van der Waals surface area contributed by atoms with Crippen molar-refractivity contribution in [3.63, 3.8) is 0 Å². The molecule has 0 N–H and O–H groups in total. The Balaban J connectivity index is 1.53. The fourth-order valence-electron chi connectivity index (χ4n) is 3.68. The van der Waals surface area contributed by atoms with Crippen LogP contribution in [0.1, 0.15) is 23.4 Å². The molecule has 0 atom stereocenters. The molecule has 4 amide bonds. The van der Waals surface area contributed by atoms with Gasteiger partial charge in [0.2, 0.25) is 10.0 Å².